The maximum absolute atomic E-state index is 5.86. The van der Waals surface area contributed by atoms with Gasteiger partial charge in [-0.3, -0.25) is 0 Å². The Labute approximate surface area is 122 Å². The number of fused-ring (bicyclic) bond motifs is 1. The van der Waals surface area contributed by atoms with E-state index in [-0.39, 0.29) is 5.79 Å². The normalized spacial score (nSPS) is 19.1. The summed E-state index contributed by atoms with van der Waals surface area (Å²) in [5, 5.41) is 0. The van der Waals surface area contributed by atoms with Gasteiger partial charge in [0, 0.05) is 12.8 Å². The van der Waals surface area contributed by atoms with Crippen molar-refractivity contribution in [2.75, 3.05) is 13.2 Å². The Bertz CT molecular complexity index is 445. The van der Waals surface area contributed by atoms with Crippen LogP contribution in [0, 0.1) is 0 Å². The number of hydrogen-bond acceptors (Lipinski definition) is 2. The summed E-state index contributed by atoms with van der Waals surface area (Å²) < 4.78 is 11.7. The Morgan fingerprint density at radius 1 is 1.25 bits per heavy atom. The minimum atomic E-state index is -0.322. The standard InChI is InChI=1S/C16H20O2.C2H6/c1-2-3-5-13-6-4-7-14-8-9-16(12-15(13)14)17-10-11-18-16;1-2/h2,4,6-7H,1,3,5,8-12H2;1-2H3. The Morgan fingerprint density at radius 3 is 2.70 bits per heavy atom. The maximum Gasteiger partial charge on any atom is 0.172 e. The van der Waals surface area contributed by atoms with Crippen LogP contribution in [-0.4, -0.2) is 19.0 Å². The minimum Gasteiger partial charge on any atom is -0.347 e. The van der Waals surface area contributed by atoms with E-state index < -0.39 is 0 Å². The monoisotopic (exact) mass is 274 g/mol. The summed E-state index contributed by atoms with van der Waals surface area (Å²) in [7, 11) is 0. The third kappa shape index (κ3) is 3.13. The van der Waals surface area contributed by atoms with Crippen molar-refractivity contribution in [2.45, 2.75) is 51.7 Å². The van der Waals surface area contributed by atoms with Crippen molar-refractivity contribution in [3.8, 4) is 0 Å². The molecule has 0 radical (unpaired) electrons. The molecule has 0 aromatic heterocycles. The molecule has 1 aliphatic carbocycles. The predicted molar refractivity (Wildman–Crippen MR) is 83.0 cm³/mol. The minimum absolute atomic E-state index is 0.322. The first kappa shape index (κ1) is 15.3. The molecule has 1 saturated heterocycles. The lowest BCUT2D eigenvalue weighted by Gasteiger charge is -2.34. The second-order valence-corrected chi connectivity index (χ2v) is 5.17. The van der Waals surface area contributed by atoms with Gasteiger partial charge < -0.3 is 9.47 Å². The average Bonchev–Trinajstić information content (AvgIpc) is 2.95. The molecule has 110 valence electrons. The molecular formula is C18H26O2. The first-order chi connectivity index (χ1) is 9.83. The summed E-state index contributed by atoms with van der Waals surface area (Å²) in [6, 6.07) is 6.65. The maximum atomic E-state index is 5.86. The molecule has 0 saturated carbocycles. The zero-order valence-electron chi connectivity index (χ0n) is 12.8. The van der Waals surface area contributed by atoms with Crippen LogP contribution in [0.3, 0.4) is 0 Å². The van der Waals surface area contributed by atoms with Gasteiger partial charge in [-0.25, -0.2) is 0 Å². The molecule has 1 aromatic carbocycles. The van der Waals surface area contributed by atoms with E-state index >= 15 is 0 Å². The molecule has 1 heterocycles. The van der Waals surface area contributed by atoms with E-state index in [1.165, 1.54) is 16.7 Å². The molecule has 0 bridgehead atoms. The van der Waals surface area contributed by atoms with Crippen LogP contribution in [0.5, 0.6) is 0 Å². The van der Waals surface area contributed by atoms with Gasteiger partial charge in [0.15, 0.2) is 5.79 Å². The molecule has 1 aliphatic heterocycles. The lowest BCUT2D eigenvalue weighted by Crippen LogP contribution is -2.37. The van der Waals surface area contributed by atoms with Crippen molar-refractivity contribution in [1.29, 1.82) is 0 Å². The van der Waals surface area contributed by atoms with Gasteiger partial charge in [0.25, 0.3) is 0 Å². The zero-order chi connectivity index (χ0) is 14.4. The molecule has 2 heteroatoms. The van der Waals surface area contributed by atoms with Crippen molar-refractivity contribution >= 4 is 0 Å². The number of allylic oxidation sites excluding steroid dienone is 1. The molecule has 1 aromatic rings. The van der Waals surface area contributed by atoms with Crippen LogP contribution in [0.4, 0.5) is 0 Å². The first-order valence-corrected chi connectivity index (χ1v) is 7.81. The van der Waals surface area contributed by atoms with Crippen molar-refractivity contribution < 1.29 is 9.47 Å². The third-order valence-corrected chi connectivity index (χ3v) is 4.02. The summed E-state index contributed by atoms with van der Waals surface area (Å²) in [4.78, 5) is 0. The molecule has 20 heavy (non-hydrogen) atoms. The largest absolute Gasteiger partial charge is 0.347 e. The summed E-state index contributed by atoms with van der Waals surface area (Å²) in [5.74, 6) is -0.322. The molecule has 0 amide bonds. The van der Waals surface area contributed by atoms with Gasteiger partial charge in [0.1, 0.15) is 0 Å². The average molecular weight is 274 g/mol. The smallest absolute Gasteiger partial charge is 0.172 e. The molecule has 1 fully saturated rings. The molecule has 1 spiro atoms. The van der Waals surface area contributed by atoms with Gasteiger partial charge in [-0.15, -0.1) is 6.58 Å². The van der Waals surface area contributed by atoms with E-state index in [4.69, 9.17) is 9.47 Å². The van der Waals surface area contributed by atoms with Gasteiger partial charge in [-0.1, -0.05) is 38.1 Å². The quantitative estimate of drug-likeness (QED) is 0.774. The van der Waals surface area contributed by atoms with Crippen LogP contribution >= 0.6 is 0 Å². The number of rotatable bonds is 3. The molecule has 0 unspecified atom stereocenters. The second kappa shape index (κ2) is 7.05. The number of ether oxygens (including phenoxy) is 2. The van der Waals surface area contributed by atoms with Crippen molar-refractivity contribution in [3.05, 3.63) is 47.5 Å². The Kier molecular flexibility index (Phi) is 5.38. The van der Waals surface area contributed by atoms with E-state index in [1.54, 1.807) is 0 Å². The van der Waals surface area contributed by atoms with E-state index in [9.17, 15) is 0 Å². The van der Waals surface area contributed by atoms with Crippen LogP contribution in [0.15, 0.2) is 30.9 Å². The fraction of sp³-hybridized carbons (Fsp3) is 0.556. The Hall–Kier alpha value is -1.12. The van der Waals surface area contributed by atoms with Crippen LogP contribution in [0.2, 0.25) is 0 Å². The Balaban J connectivity index is 0.000000704. The lowest BCUT2D eigenvalue weighted by atomic mass is 9.83. The van der Waals surface area contributed by atoms with Gasteiger partial charge in [0.05, 0.1) is 13.2 Å². The van der Waals surface area contributed by atoms with Gasteiger partial charge >= 0.3 is 0 Å². The van der Waals surface area contributed by atoms with Gasteiger partial charge in [-0.2, -0.15) is 0 Å². The van der Waals surface area contributed by atoms with E-state index in [1.807, 2.05) is 19.9 Å². The topological polar surface area (TPSA) is 18.5 Å². The van der Waals surface area contributed by atoms with Crippen LogP contribution < -0.4 is 0 Å². The number of hydrogen-bond donors (Lipinski definition) is 0. The lowest BCUT2D eigenvalue weighted by molar-refractivity contribution is -0.163. The van der Waals surface area contributed by atoms with Gasteiger partial charge in [-0.05, 0) is 36.0 Å². The van der Waals surface area contributed by atoms with Crippen LogP contribution in [0.25, 0.3) is 0 Å². The highest BCUT2D eigenvalue weighted by Gasteiger charge is 2.40. The van der Waals surface area contributed by atoms with Gasteiger partial charge in [0.2, 0.25) is 0 Å². The fourth-order valence-electron chi connectivity index (χ4n) is 3.07. The third-order valence-electron chi connectivity index (χ3n) is 4.02. The highest BCUT2D eigenvalue weighted by Crippen LogP contribution is 2.36. The predicted octanol–water partition coefficient (Wildman–Crippen LogP) is 4.06. The number of benzene rings is 1. The summed E-state index contributed by atoms with van der Waals surface area (Å²) in [5.41, 5.74) is 4.36. The molecule has 2 aliphatic rings. The molecule has 0 N–H and O–H groups in total. The van der Waals surface area contributed by atoms with Crippen LogP contribution in [-0.2, 0) is 28.7 Å². The molecule has 3 rings (SSSR count). The van der Waals surface area contributed by atoms with E-state index in [0.29, 0.717) is 0 Å². The summed E-state index contributed by atoms with van der Waals surface area (Å²) >= 11 is 0. The Morgan fingerprint density at radius 2 is 2.00 bits per heavy atom. The first-order valence-electron chi connectivity index (χ1n) is 7.81. The van der Waals surface area contributed by atoms with Crippen molar-refractivity contribution in [1.82, 2.24) is 0 Å². The SMILES string of the molecule is C=CCCc1cccc2c1CC1(CC2)OCCO1.CC. The van der Waals surface area contributed by atoms with Crippen molar-refractivity contribution in [3.63, 3.8) is 0 Å². The highest BCUT2D eigenvalue weighted by molar-refractivity contribution is 5.38. The molecule has 0 atom stereocenters. The highest BCUT2D eigenvalue weighted by atomic mass is 16.7. The van der Waals surface area contributed by atoms with E-state index in [0.717, 1.165) is 45.3 Å². The summed E-state index contributed by atoms with van der Waals surface area (Å²) in [6.45, 7) is 9.29. The fourth-order valence-corrected chi connectivity index (χ4v) is 3.07. The molecule has 2 nitrogen and oxygen atoms in total. The van der Waals surface area contributed by atoms with Crippen molar-refractivity contribution in [2.24, 2.45) is 0 Å². The second-order valence-electron chi connectivity index (χ2n) is 5.17. The molecular weight excluding hydrogens is 248 g/mol. The van der Waals surface area contributed by atoms with Crippen LogP contribution in [0.1, 0.15) is 43.4 Å². The van der Waals surface area contributed by atoms with E-state index in [2.05, 4.69) is 24.8 Å². The summed E-state index contributed by atoms with van der Waals surface area (Å²) in [6.07, 6.45) is 7.06. The zero-order valence-corrected chi connectivity index (χ0v) is 12.8. The number of aryl methyl sites for hydroxylation is 2.